The zero-order valence-corrected chi connectivity index (χ0v) is 24.1. The fourth-order valence-electron chi connectivity index (χ4n) is 5.40. The van der Waals surface area contributed by atoms with Crippen LogP contribution in [0.15, 0.2) is 35.8 Å². The summed E-state index contributed by atoms with van der Waals surface area (Å²) in [4.78, 5) is 28.1. The Labute approximate surface area is 242 Å². The third-order valence-electron chi connectivity index (χ3n) is 7.64. The molecule has 2 fully saturated rings. The van der Waals surface area contributed by atoms with Crippen LogP contribution in [0.5, 0.6) is 5.75 Å². The molecule has 2 saturated heterocycles. The number of aromatic nitrogens is 2. The average Bonchev–Trinajstić information content (AvgIpc) is 3.31. The molecule has 13 heteroatoms. The Kier molecular flexibility index (Phi) is 9.15. The van der Waals surface area contributed by atoms with E-state index in [0.29, 0.717) is 28.1 Å². The summed E-state index contributed by atoms with van der Waals surface area (Å²) in [7, 11) is 2.18. The number of alkyl halides is 2. The Hall–Kier alpha value is -3.55. The molecule has 10 nitrogen and oxygen atoms in total. The number of hydrogen-bond acceptors (Lipinski definition) is 10. The summed E-state index contributed by atoms with van der Waals surface area (Å²) in [6.45, 7) is 4.97. The van der Waals surface area contributed by atoms with Crippen LogP contribution in [0, 0.1) is 6.92 Å². The number of thiophene rings is 1. The lowest BCUT2D eigenvalue weighted by molar-refractivity contribution is -0.0493. The third kappa shape index (κ3) is 7.21. The number of anilines is 5. The molecule has 0 bridgehead atoms. The molecule has 3 aromatic rings. The van der Waals surface area contributed by atoms with Gasteiger partial charge in [0.1, 0.15) is 10.7 Å². The van der Waals surface area contributed by atoms with Gasteiger partial charge in [0.25, 0.3) is 5.91 Å². The van der Waals surface area contributed by atoms with Gasteiger partial charge in [0.2, 0.25) is 5.95 Å². The van der Waals surface area contributed by atoms with Gasteiger partial charge in [0.15, 0.2) is 5.75 Å². The number of hydrogen-bond donors (Lipinski definition) is 3. The third-order valence-corrected chi connectivity index (χ3v) is 8.57. The zero-order valence-electron chi connectivity index (χ0n) is 23.3. The molecule has 0 saturated carbocycles. The number of benzene rings is 1. The van der Waals surface area contributed by atoms with Crippen LogP contribution < -0.4 is 26.0 Å². The number of piperidine rings is 1. The highest BCUT2D eigenvalue weighted by atomic mass is 32.1. The summed E-state index contributed by atoms with van der Waals surface area (Å²) in [5.74, 6) is 0.114. The average molecular weight is 587 g/mol. The van der Waals surface area contributed by atoms with E-state index in [1.54, 1.807) is 29.8 Å². The fraction of sp³-hybridized carbons (Fsp3) is 0.464. The maximum Gasteiger partial charge on any atom is 0.387 e. The van der Waals surface area contributed by atoms with Crippen LogP contribution in [0.3, 0.4) is 0 Å². The number of carbonyl (C=O) groups excluding carboxylic acids is 1. The summed E-state index contributed by atoms with van der Waals surface area (Å²) in [5.41, 5.74) is 7.88. The van der Waals surface area contributed by atoms with Crippen LogP contribution in [-0.2, 0) is 0 Å². The first-order valence-electron chi connectivity index (χ1n) is 13.8. The SMILES string of the molecule is Cc1cnc(Nc2ccc(N3CCC(N4CCCN(C)CC4)CC3)cc2OC(F)F)nc1Nc1ccsc1C(N)=O. The Bertz CT molecular complexity index is 1350. The largest absolute Gasteiger partial charge is 0.433 e. The molecule has 0 atom stereocenters. The Morgan fingerprint density at radius 1 is 1.10 bits per heavy atom. The molecular weight excluding hydrogens is 550 g/mol. The number of nitrogens with one attached hydrogen (secondary N) is 2. The standard InChI is InChI=1S/C28H36F2N8O2S/c1-18-17-32-28(35-26(18)33-22-8-15-41-24(22)25(31)39)34-21-5-4-20(16-23(21)40-27(29)30)38-11-6-19(7-12-38)37-10-3-9-36(2)13-14-37/h4-5,8,15-17,19,27H,3,6-7,9-14H2,1-2H3,(H2,31,39)(H2,32,33,34,35). The van der Waals surface area contributed by atoms with Gasteiger partial charge < -0.3 is 30.9 Å². The fourth-order valence-corrected chi connectivity index (χ4v) is 6.10. The summed E-state index contributed by atoms with van der Waals surface area (Å²) in [5, 5.41) is 7.88. The Morgan fingerprint density at radius 3 is 2.66 bits per heavy atom. The topological polar surface area (TPSA) is 112 Å². The van der Waals surface area contributed by atoms with Crippen molar-refractivity contribution in [3.05, 3.63) is 46.3 Å². The second-order valence-corrected chi connectivity index (χ2v) is 11.4. The van der Waals surface area contributed by atoms with E-state index in [4.69, 9.17) is 10.5 Å². The first-order valence-corrected chi connectivity index (χ1v) is 14.7. The van der Waals surface area contributed by atoms with Gasteiger partial charge in [-0.25, -0.2) is 4.98 Å². The molecule has 0 unspecified atom stereocenters. The van der Waals surface area contributed by atoms with E-state index in [1.807, 2.05) is 13.0 Å². The number of rotatable bonds is 9. The molecule has 0 aliphatic carbocycles. The van der Waals surface area contributed by atoms with Crippen molar-refractivity contribution < 1.29 is 18.3 Å². The van der Waals surface area contributed by atoms with Crippen molar-refractivity contribution in [2.24, 2.45) is 5.73 Å². The van der Waals surface area contributed by atoms with Gasteiger partial charge in [0.05, 0.1) is 11.4 Å². The second kappa shape index (κ2) is 13.0. The number of ether oxygens (including phenoxy) is 1. The van der Waals surface area contributed by atoms with E-state index in [9.17, 15) is 13.6 Å². The summed E-state index contributed by atoms with van der Waals surface area (Å²) >= 11 is 1.23. The Morgan fingerprint density at radius 2 is 1.90 bits per heavy atom. The predicted molar refractivity (Wildman–Crippen MR) is 158 cm³/mol. The highest BCUT2D eigenvalue weighted by molar-refractivity contribution is 7.12. The molecule has 2 aromatic heterocycles. The minimum absolute atomic E-state index is 0.0164. The van der Waals surface area contributed by atoms with Crippen LogP contribution in [0.4, 0.5) is 37.6 Å². The van der Waals surface area contributed by atoms with Crippen LogP contribution in [0.2, 0.25) is 0 Å². The molecule has 4 N–H and O–H groups in total. The van der Waals surface area contributed by atoms with Crippen molar-refractivity contribution in [2.45, 2.75) is 38.8 Å². The van der Waals surface area contributed by atoms with Gasteiger partial charge in [-0.3, -0.25) is 9.69 Å². The lowest BCUT2D eigenvalue weighted by Crippen LogP contribution is -2.46. The van der Waals surface area contributed by atoms with Gasteiger partial charge in [0, 0.05) is 55.7 Å². The van der Waals surface area contributed by atoms with Crippen molar-refractivity contribution in [3.63, 3.8) is 0 Å². The van der Waals surface area contributed by atoms with Gasteiger partial charge in [-0.1, -0.05) is 0 Å². The molecule has 2 aliphatic rings. The maximum atomic E-state index is 13.4. The van der Waals surface area contributed by atoms with Gasteiger partial charge in [-0.15, -0.1) is 11.3 Å². The first kappa shape index (κ1) is 29.0. The highest BCUT2D eigenvalue weighted by Crippen LogP contribution is 2.35. The predicted octanol–water partition coefficient (Wildman–Crippen LogP) is 4.64. The monoisotopic (exact) mass is 586 g/mol. The lowest BCUT2D eigenvalue weighted by Gasteiger charge is -2.39. The molecule has 220 valence electrons. The van der Waals surface area contributed by atoms with E-state index >= 15 is 0 Å². The number of primary amides is 1. The number of likely N-dealkylation sites (N-methyl/N-ethyl adjacent to an activating group) is 1. The minimum Gasteiger partial charge on any atom is -0.433 e. The van der Waals surface area contributed by atoms with Crippen LogP contribution in [0.1, 0.15) is 34.5 Å². The molecule has 0 radical (unpaired) electrons. The van der Waals surface area contributed by atoms with E-state index in [1.165, 1.54) is 17.8 Å². The molecular formula is C28H36F2N8O2S. The van der Waals surface area contributed by atoms with Gasteiger partial charge >= 0.3 is 6.61 Å². The number of carbonyl (C=O) groups is 1. The highest BCUT2D eigenvalue weighted by Gasteiger charge is 2.26. The quantitative estimate of drug-likeness (QED) is 0.330. The smallest absolute Gasteiger partial charge is 0.387 e. The second-order valence-electron chi connectivity index (χ2n) is 10.5. The number of aryl methyl sites for hydroxylation is 1. The number of halogens is 2. The normalized spacial score (nSPS) is 17.4. The summed E-state index contributed by atoms with van der Waals surface area (Å²) < 4.78 is 31.7. The van der Waals surface area contributed by atoms with E-state index < -0.39 is 12.5 Å². The van der Waals surface area contributed by atoms with Crippen molar-refractivity contribution in [3.8, 4) is 5.75 Å². The van der Waals surface area contributed by atoms with Crippen LogP contribution in [0.25, 0.3) is 0 Å². The van der Waals surface area contributed by atoms with Gasteiger partial charge in [-0.05, 0) is 69.9 Å². The number of nitrogens with zero attached hydrogens (tertiary/aromatic N) is 5. The molecule has 1 aromatic carbocycles. The van der Waals surface area contributed by atoms with Crippen molar-refractivity contribution in [1.29, 1.82) is 0 Å². The van der Waals surface area contributed by atoms with Crippen molar-refractivity contribution in [1.82, 2.24) is 19.8 Å². The van der Waals surface area contributed by atoms with Crippen LogP contribution >= 0.6 is 11.3 Å². The molecule has 1 amide bonds. The van der Waals surface area contributed by atoms with Crippen LogP contribution in [-0.4, -0.2) is 84.6 Å². The number of nitrogens with two attached hydrogens (primary N) is 1. The summed E-state index contributed by atoms with van der Waals surface area (Å²) in [6.07, 6.45) is 4.85. The molecule has 2 aliphatic heterocycles. The summed E-state index contributed by atoms with van der Waals surface area (Å²) in [6, 6.07) is 7.55. The van der Waals surface area contributed by atoms with E-state index in [-0.39, 0.29) is 11.7 Å². The van der Waals surface area contributed by atoms with Gasteiger partial charge in [-0.2, -0.15) is 13.8 Å². The first-order chi connectivity index (χ1) is 19.8. The Balaban J connectivity index is 1.29. The maximum absolute atomic E-state index is 13.4. The molecule has 0 spiro atoms. The molecule has 4 heterocycles. The minimum atomic E-state index is -2.99. The zero-order chi connectivity index (χ0) is 28.9. The lowest BCUT2D eigenvalue weighted by atomic mass is 10.0. The van der Waals surface area contributed by atoms with E-state index in [2.05, 4.69) is 42.3 Å². The molecule has 5 rings (SSSR count). The van der Waals surface area contributed by atoms with E-state index in [0.717, 1.165) is 63.4 Å². The molecule has 41 heavy (non-hydrogen) atoms. The van der Waals surface area contributed by atoms with Crippen molar-refractivity contribution >= 4 is 46.1 Å². The van der Waals surface area contributed by atoms with Crippen molar-refractivity contribution in [2.75, 3.05) is 61.8 Å². The number of amides is 1.